The van der Waals surface area contributed by atoms with E-state index in [0.717, 1.165) is 20.9 Å². The zero-order valence-corrected chi connectivity index (χ0v) is 18.9. The predicted octanol–water partition coefficient (Wildman–Crippen LogP) is 3.46. The number of nitrogens with zero attached hydrogens (tertiary/aromatic N) is 4. The molecule has 0 bridgehead atoms. The average molecular weight is 430 g/mol. The Labute approximate surface area is 178 Å². The second-order valence-electron chi connectivity index (χ2n) is 8.56. The maximum atomic E-state index is 13.4. The van der Waals surface area contributed by atoms with Crippen LogP contribution in [0.4, 0.5) is 10.5 Å². The third-order valence-corrected chi connectivity index (χ3v) is 6.01. The third-order valence-electron chi connectivity index (χ3n) is 5.07. The van der Waals surface area contributed by atoms with Crippen LogP contribution < -0.4 is 10.3 Å². The number of pyridine rings is 1. The number of piperazine rings is 1. The van der Waals surface area contributed by atoms with Crippen LogP contribution in [0.25, 0.3) is 21.5 Å². The lowest BCUT2D eigenvalue weighted by molar-refractivity contribution is 0.0240. The molecule has 0 aliphatic carbocycles. The van der Waals surface area contributed by atoms with Gasteiger partial charge in [-0.05, 0) is 40.2 Å². The number of carbonyl (C=O) groups is 1. The topological polar surface area (TPSA) is 91.4 Å². The van der Waals surface area contributed by atoms with Gasteiger partial charge in [0.2, 0.25) is 5.43 Å². The summed E-state index contributed by atoms with van der Waals surface area (Å²) in [5, 5.41) is 0. The van der Waals surface area contributed by atoms with E-state index in [1.807, 2.05) is 45.6 Å². The van der Waals surface area contributed by atoms with Gasteiger partial charge in [-0.15, -0.1) is 11.3 Å². The Hall–Kier alpha value is -2.68. The van der Waals surface area contributed by atoms with Gasteiger partial charge in [0.05, 0.1) is 0 Å². The highest BCUT2D eigenvalue weighted by atomic mass is 32.1. The molecule has 160 valence electrons. The number of aryl methyl sites for hydroxylation is 2. The molecule has 9 heteroatoms. The molecule has 8 nitrogen and oxygen atoms in total. The van der Waals surface area contributed by atoms with Crippen LogP contribution in [0.2, 0.25) is 0 Å². The van der Waals surface area contributed by atoms with Crippen molar-refractivity contribution in [1.82, 2.24) is 19.9 Å². The molecular weight excluding hydrogens is 402 g/mol. The van der Waals surface area contributed by atoms with Crippen molar-refractivity contribution < 1.29 is 9.53 Å². The van der Waals surface area contributed by atoms with Gasteiger partial charge in [-0.25, -0.2) is 14.8 Å². The molecule has 3 aromatic heterocycles. The van der Waals surface area contributed by atoms with Crippen LogP contribution >= 0.6 is 11.3 Å². The van der Waals surface area contributed by atoms with Crippen LogP contribution in [-0.4, -0.2) is 57.7 Å². The number of anilines is 1. The minimum atomic E-state index is -0.525. The van der Waals surface area contributed by atoms with E-state index in [-0.39, 0.29) is 11.5 Å². The fourth-order valence-electron chi connectivity index (χ4n) is 3.70. The molecule has 0 unspecified atom stereocenters. The molecule has 0 atom stereocenters. The lowest BCUT2D eigenvalue weighted by atomic mass is 10.1. The third kappa shape index (κ3) is 3.86. The number of H-pyrrole nitrogens is 1. The number of aromatic amines is 1. The standard InChI is InChI=1S/C21H27N5O3S/c1-6-13-16(25-7-9-26(10-8-25)20(28)29-21(3,4)5)17(27)15-18(23-13)24-19-14(22-15)11-12(2)30-19/h11H,6-10H2,1-5H3,(H,23,24,27). The van der Waals surface area contributed by atoms with E-state index in [2.05, 4.69) is 15.0 Å². The van der Waals surface area contributed by atoms with Crippen molar-refractivity contribution in [3.05, 3.63) is 26.9 Å². The number of aromatic nitrogens is 3. The number of carbonyl (C=O) groups excluding carboxylic acids is 1. The lowest BCUT2D eigenvalue weighted by Gasteiger charge is -2.37. The molecule has 3 aromatic rings. The van der Waals surface area contributed by atoms with Gasteiger partial charge < -0.3 is 19.5 Å². The largest absolute Gasteiger partial charge is 0.444 e. The molecule has 1 amide bonds. The lowest BCUT2D eigenvalue weighted by Crippen LogP contribution is -2.51. The van der Waals surface area contributed by atoms with Gasteiger partial charge in [0.15, 0.2) is 11.2 Å². The van der Waals surface area contributed by atoms with Crippen molar-refractivity contribution in [2.45, 2.75) is 46.6 Å². The van der Waals surface area contributed by atoms with Crippen LogP contribution in [0.5, 0.6) is 0 Å². The van der Waals surface area contributed by atoms with Crippen LogP contribution in [-0.2, 0) is 11.2 Å². The van der Waals surface area contributed by atoms with E-state index in [9.17, 15) is 9.59 Å². The number of hydrogen-bond acceptors (Lipinski definition) is 7. The summed E-state index contributed by atoms with van der Waals surface area (Å²) in [6.45, 7) is 11.7. The number of rotatable bonds is 2. The first-order chi connectivity index (χ1) is 14.2. The summed E-state index contributed by atoms with van der Waals surface area (Å²) in [6, 6.07) is 1.96. The van der Waals surface area contributed by atoms with Crippen molar-refractivity contribution in [1.29, 1.82) is 0 Å². The van der Waals surface area contributed by atoms with Crippen molar-refractivity contribution in [3.63, 3.8) is 0 Å². The Bertz CT molecular complexity index is 1170. The molecule has 1 saturated heterocycles. The highest BCUT2D eigenvalue weighted by Crippen LogP contribution is 2.25. The SMILES string of the molecule is CCc1[nH]c2nc3sc(C)cc3nc2c(=O)c1N1CCN(C(=O)OC(C)(C)C)CC1. The summed E-state index contributed by atoms with van der Waals surface area (Å²) < 4.78 is 5.47. The fourth-order valence-corrected chi connectivity index (χ4v) is 4.52. The predicted molar refractivity (Wildman–Crippen MR) is 120 cm³/mol. The van der Waals surface area contributed by atoms with E-state index < -0.39 is 5.60 Å². The second kappa shape index (κ2) is 7.54. The Morgan fingerprint density at radius 3 is 2.57 bits per heavy atom. The first-order valence-electron chi connectivity index (χ1n) is 10.2. The van der Waals surface area contributed by atoms with Gasteiger partial charge in [-0.2, -0.15) is 0 Å². The first-order valence-corrected chi connectivity index (χ1v) is 11.0. The molecule has 1 N–H and O–H groups in total. The van der Waals surface area contributed by atoms with Crippen LogP contribution in [0.15, 0.2) is 10.9 Å². The molecule has 1 fully saturated rings. The van der Waals surface area contributed by atoms with Crippen molar-refractivity contribution in [2.75, 3.05) is 31.1 Å². The molecule has 4 rings (SSSR count). The minimum absolute atomic E-state index is 0.107. The maximum Gasteiger partial charge on any atom is 0.410 e. The van der Waals surface area contributed by atoms with E-state index >= 15 is 0 Å². The van der Waals surface area contributed by atoms with Crippen molar-refractivity contribution in [2.24, 2.45) is 0 Å². The summed E-state index contributed by atoms with van der Waals surface area (Å²) in [4.78, 5) is 44.0. The molecule has 1 aliphatic rings. The van der Waals surface area contributed by atoms with Gasteiger partial charge in [0.1, 0.15) is 21.6 Å². The Morgan fingerprint density at radius 2 is 1.93 bits per heavy atom. The zero-order valence-electron chi connectivity index (χ0n) is 18.0. The second-order valence-corrected chi connectivity index (χ2v) is 9.79. The number of fused-ring (bicyclic) bond motifs is 2. The molecule has 0 radical (unpaired) electrons. The molecule has 0 aromatic carbocycles. The summed E-state index contributed by atoms with van der Waals surface area (Å²) >= 11 is 1.57. The summed E-state index contributed by atoms with van der Waals surface area (Å²) in [6.07, 6.45) is 0.363. The normalized spacial score (nSPS) is 15.2. The molecule has 0 spiro atoms. The fraction of sp³-hybridized carbons (Fsp3) is 0.524. The first kappa shape index (κ1) is 20.6. The Morgan fingerprint density at radius 1 is 1.23 bits per heavy atom. The van der Waals surface area contributed by atoms with E-state index in [1.165, 1.54) is 0 Å². The molecule has 4 heterocycles. The quantitative estimate of drug-likeness (QED) is 0.671. The van der Waals surface area contributed by atoms with Crippen molar-refractivity contribution in [3.8, 4) is 0 Å². The van der Waals surface area contributed by atoms with Gasteiger partial charge >= 0.3 is 6.09 Å². The number of nitrogens with one attached hydrogen (secondary N) is 1. The van der Waals surface area contributed by atoms with Crippen molar-refractivity contribution >= 4 is 44.6 Å². The Balaban J connectivity index is 1.65. The highest BCUT2D eigenvalue weighted by molar-refractivity contribution is 7.18. The van der Waals surface area contributed by atoms with Gasteiger partial charge in [-0.1, -0.05) is 6.92 Å². The number of ether oxygens (including phenoxy) is 1. The maximum absolute atomic E-state index is 13.4. The molecule has 30 heavy (non-hydrogen) atoms. The van der Waals surface area contributed by atoms with Crippen LogP contribution in [0.3, 0.4) is 0 Å². The monoisotopic (exact) mass is 429 g/mol. The smallest absolute Gasteiger partial charge is 0.410 e. The zero-order chi connectivity index (χ0) is 21.6. The van der Waals surface area contributed by atoms with Crippen LogP contribution in [0.1, 0.15) is 38.3 Å². The number of hydrogen-bond donors (Lipinski definition) is 1. The van der Waals surface area contributed by atoms with E-state index in [1.54, 1.807) is 16.2 Å². The van der Waals surface area contributed by atoms with E-state index in [4.69, 9.17) is 4.74 Å². The Kier molecular flexibility index (Phi) is 5.17. The number of thiophene rings is 1. The van der Waals surface area contributed by atoms with E-state index in [0.29, 0.717) is 49.5 Å². The van der Waals surface area contributed by atoms with Gasteiger partial charge in [0.25, 0.3) is 0 Å². The van der Waals surface area contributed by atoms with Gasteiger partial charge in [-0.3, -0.25) is 4.79 Å². The van der Waals surface area contributed by atoms with Gasteiger partial charge in [0, 0.05) is 36.8 Å². The number of amides is 1. The molecular formula is C21H27N5O3S. The molecule has 0 saturated carbocycles. The molecule has 1 aliphatic heterocycles. The summed E-state index contributed by atoms with van der Waals surface area (Å²) in [5.41, 5.74) is 2.49. The average Bonchev–Trinajstić information content (AvgIpc) is 3.04. The summed E-state index contributed by atoms with van der Waals surface area (Å²) in [5.74, 6) is 0. The van der Waals surface area contributed by atoms with Crippen LogP contribution in [0, 0.1) is 6.92 Å². The summed E-state index contributed by atoms with van der Waals surface area (Å²) in [7, 11) is 0. The minimum Gasteiger partial charge on any atom is -0.444 e. The highest BCUT2D eigenvalue weighted by Gasteiger charge is 2.28.